The van der Waals surface area contributed by atoms with E-state index in [4.69, 9.17) is 10.5 Å². The molecule has 0 radical (unpaired) electrons. The van der Waals surface area contributed by atoms with Gasteiger partial charge in [-0.05, 0) is 38.0 Å². The molecule has 2 aliphatic heterocycles. The van der Waals surface area contributed by atoms with Crippen LogP contribution in [0.25, 0.3) is 0 Å². The predicted molar refractivity (Wildman–Crippen MR) is 73.6 cm³/mol. The van der Waals surface area contributed by atoms with E-state index >= 15 is 0 Å². The minimum atomic E-state index is 0.311. The highest BCUT2D eigenvalue weighted by Crippen LogP contribution is 2.29. The van der Waals surface area contributed by atoms with Crippen molar-refractivity contribution in [1.29, 1.82) is 0 Å². The van der Waals surface area contributed by atoms with Crippen LogP contribution in [0.2, 0.25) is 0 Å². The van der Waals surface area contributed by atoms with Crippen LogP contribution >= 0.6 is 0 Å². The third-order valence-electron chi connectivity index (χ3n) is 4.99. The molecule has 0 aromatic rings. The summed E-state index contributed by atoms with van der Waals surface area (Å²) >= 11 is 0. The van der Waals surface area contributed by atoms with Gasteiger partial charge in [0.1, 0.15) is 0 Å². The monoisotopic (exact) mass is 266 g/mol. The standard InChI is InChI=1S/C15H26N2O2/c16-12-3-1-2-11(8-12)4-7-15(18)17-9-13-5-6-14(10-17)19-13/h11-14H,1-10,16H2. The van der Waals surface area contributed by atoms with Crippen molar-refractivity contribution in [3.05, 3.63) is 0 Å². The van der Waals surface area contributed by atoms with E-state index in [2.05, 4.69) is 0 Å². The molecule has 108 valence electrons. The SMILES string of the molecule is NC1CCCC(CCC(=O)N2CC3CCC(C2)O3)C1. The Kier molecular flexibility index (Phi) is 4.08. The molecule has 2 N–H and O–H groups in total. The van der Waals surface area contributed by atoms with Gasteiger partial charge in [0.2, 0.25) is 5.91 Å². The lowest BCUT2D eigenvalue weighted by Crippen LogP contribution is -2.45. The van der Waals surface area contributed by atoms with Crippen molar-refractivity contribution in [2.24, 2.45) is 11.7 Å². The van der Waals surface area contributed by atoms with E-state index in [9.17, 15) is 4.79 Å². The number of hydrogen-bond donors (Lipinski definition) is 1. The summed E-state index contributed by atoms with van der Waals surface area (Å²) in [5, 5.41) is 0. The zero-order valence-corrected chi connectivity index (χ0v) is 11.7. The number of carbonyl (C=O) groups is 1. The van der Waals surface area contributed by atoms with E-state index in [0.717, 1.165) is 45.2 Å². The van der Waals surface area contributed by atoms with Gasteiger partial charge in [-0.25, -0.2) is 0 Å². The fourth-order valence-corrected chi connectivity index (χ4v) is 3.90. The lowest BCUT2D eigenvalue weighted by Gasteiger charge is -2.33. The van der Waals surface area contributed by atoms with Crippen molar-refractivity contribution in [3.63, 3.8) is 0 Å². The van der Waals surface area contributed by atoms with Gasteiger partial charge in [0.25, 0.3) is 0 Å². The number of nitrogens with two attached hydrogens (primary N) is 1. The van der Waals surface area contributed by atoms with Crippen LogP contribution in [0.3, 0.4) is 0 Å². The zero-order valence-electron chi connectivity index (χ0n) is 11.7. The quantitative estimate of drug-likeness (QED) is 0.845. The molecule has 3 rings (SSSR count). The van der Waals surface area contributed by atoms with Crippen molar-refractivity contribution in [3.8, 4) is 0 Å². The fraction of sp³-hybridized carbons (Fsp3) is 0.933. The number of amides is 1. The van der Waals surface area contributed by atoms with Crippen LogP contribution in [0.1, 0.15) is 51.4 Å². The summed E-state index contributed by atoms with van der Waals surface area (Å²) < 4.78 is 5.78. The first-order valence-electron chi connectivity index (χ1n) is 7.89. The average Bonchev–Trinajstić information content (AvgIpc) is 2.75. The molecule has 4 atom stereocenters. The number of morpholine rings is 1. The van der Waals surface area contributed by atoms with Crippen LogP contribution in [-0.4, -0.2) is 42.1 Å². The molecule has 2 heterocycles. The Balaban J connectivity index is 1.43. The summed E-state index contributed by atoms with van der Waals surface area (Å²) in [5.74, 6) is 1.00. The predicted octanol–water partition coefficient (Wildman–Crippen LogP) is 1.67. The maximum Gasteiger partial charge on any atom is 0.222 e. The van der Waals surface area contributed by atoms with Crippen LogP contribution in [0.4, 0.5) is 0 Å². The van der Waals surface area contributed by atoms with Gasteiger partial charge in [0, 0.05) is 25.6 Å². The second-order valence-corrected chi connectivity index (χ2v) is 6.59. The van der Waals surface area contributed by atoms with Gasteiger partial charge in [0.15, 0.2) is 0 Å². The lowest BCUT2D eigenvalue weighted by atomic mass is 9.83. The minimum Gasteiger partial charge on any atom is -0.371 e. The largest absolute Gasteiger partial charge is 0.371 e. The molecule has 3 aliphatic rings. The minimum absolute atomic E-state index is 0.311. The van der Waals surface area contributed by atoms with Crippen molar-refractivity contribution in [2.75, 3.05) is 13.1 Å². The van der Waals surface area contributed by atoms with Gasteiger partial charge in [-0.1, -0.05) is 12.8 Å². The highest BCUT2D eigenvalue weighted by atomic mass is 16.5. The Morgan fingerprint density at radius 2 is 1.89 bits per heavy atom. The maximum absolute atomic E-state index is 12.3. The van der Waals surface area contributed by atoms with Crippen LogP contribution in [0.15, 0.2) is 0 Å². The smallest absolute Gasteiger partial charge is 0.222 e. The molecule has 4 nitrogen and oxygen atoms in total. The first-order chi connectivity index (χ1) is 9.20. The average molecular weight is 266 g/mol. The van der Waals surface area contributed by atoms with E-state index in [1.165, 1.54) is 12.8 Å². The molecular formula is C15H26N2O2. The van der Waals surface area contributed by atoms with Gasteiger partial charge in [0.05, 0.1) is 12.2 Å². The maximum atomic E-state index is 12.3. The highest BCUT2D eigenvalue weighted by Gasteiger charge is 2.35. The van der Waals surface area contributed by atoms with Crippen molar-refractivity contribution in [1.82, 2.24) is 4.90 Å². The number of rotatable bonds is 3. The Hall–Kier alpha value is -0.610. The number of nitrogens with zero attached hydrogens (tertiary/aromatic N) is 1. The van der Waals surface area contributed by atoms with E-state index < -0.39 is 0 Å². The highest BCUT2D eigenvalue weighted by molar-refractivity contribution is 5.76. The van der Waals surface area contributed by atoms with Gasteiger partial charge in [-0.3, -0.25) is 4.79 Å². The summed E-state index contributed by atoms with van der Waals surface area (Å²) in [6, 6.07) is 0.369. The van der Waals surface area contributed by atoms with Crippen molar-refractivity contribution < 1.29 is 9.53 Å². The first kappa shape index (κ1) is 13.4. The molecule has 0 aromatic carbocycles. The van der Waals surface area contributed by atoms with Crippen LogP contribution in [0, 0.1) is 5.92 Å². The summed E-state index contributed by atoms with van der Waals surface area (Å²) in [4.78, 5) is 14.3. The van der Waals surface area contributed by atoms with Gasteiger partial charge in [-0.15, -0.1) is 0 Å². The molecular weight excluding hydrogens is 240 g/mol. The number of carbonyl (C=O) groups excluding carboxylic acids is 1. The second kappa shape index (κ2) is 5.80. The number of likely N-dealkylation sites (tertiary alicyclic amines) is 1. The number of ether oxygens (including phenoxy) is 1. The van der Waals surface area contributed by atoms with E-state index in [0.29, 0.717) is 36.5 Å². The van der Waals surface area contributed by atoms with Crippen molar-refractivity contribution in [2.45, 2.75) is 69.6 Å². The summed E-state index contributed by atoms with van der Waals surface area (Å²) in [6.07, 6.45) is 9.39. The molecule has 1 amide bonds. The Morgan fingerprint density at radius 3 is 2.58 bits per heavy atom. The molecule has 4 unspecified atom stereocenters. The first-order valence-corrected chi connectivity index (χ1v) is 7.89. The fourth-order valence-electron chi connectivity index (χ4n) is 3.90. The molecule has 2 saturated heterocycles. The third kappa shape index (κ3) is 3.29. The molecule has 2 bridgehead atoms. The molecule has 1 aliphatic carbocycles. The van der Waals surface area contributed by atoms with E-state index in [-0.39, 0.29) is 0 Å². The van der Waals surface area contributed by atoms with Crippen LogP contribution in [0.5, 0.6) is 0 Å². The Morgan fingerprint density at radius 1 is 1.16 bits per heavy atom. The molecule has 0 spiro atoms. The summed E-state index contributed by atoms with van der Waals surface area (Å²) in [7, 11) is 0. The third-order valence-corrected chi connectivity index (χ3v) is 4.99. The number of hydrogen-bond acceptors (Lipinski definition) is 3. The molecule has 0 aromatic heterocycles. The lowest BCUT2D eigenvalue weighted by molar-refractivity contribution is -0.140. The van der Waals surface area contributed by atoms with E-state index in [1.807, 2.05) is 4.90 Å². The molecule has 4 heteroatoms. The van der Waals surface area contributed by atoms with Gasteiger partial charge >= 0.3 is 0 Å². The summed E-state index contributed by atoms with van der Waals surface area (Å²) in [6.45, 7) is 1.64. The zero-order chi connectivity index (χ0) is 13.2. The second-order valence-electron chi connectivity index (χ2n) is 6.59. The van der Waals surface area contributed by atoms with Crippen LogP contribution in [-0.2, 0) is 9.53 Å². The van der Waals surface area contributed by atoms with Gasteiger partial charge in [-0.2, -0.15) is 0 Å². The van der Waals surface area contributed by atoms with Crippen LogP contribution < -0.4 is 5.73 Å². The van der Waals surface area contributed by atoms with Crippen molar-refractivity contribution >= 4 is 5.91 Å². The molecule has 19 heavy (non-hydrogen) atoms. The summed E-state index contributed by atoms with van der Waals surface area (Å²) in [5.41, 5.74) is 6.01. The van der Waals surface area contributed by atoms with E-state index in [1.54, 1.807) is 0 Å². The topological polar surface area (TPSA) is 55.6 Å². The normalized spacial score (nSPS) is 38.5. The Bertz CT molecular complexity index is 322. The molecule has 1 saturated carbocycles. The number of fused-ring (bicyclic) bond motifs is 2. The molecule has 3 fully saturated rings. The Labute approximate surface area is 115 Å². The van der Waals surface area contributed by atoms with Gasteiger partial charge < -0.3 is 15.4 Å².